The van der Waals surface area contributed by atoms with Gasteiger partial charge >= 0.3 is 0 Å². The number of carbonyl (C=O) groups excluding carboxylic acids is 4. The van der Waals surface area contributed by atoms with Gasteiger partial charge in [0.1, 0.15) is 23.1 Å². The number of hydrogen-bond donors (Lipinski definition) is 0. The van der Waals surface area contributed by atoms with Crippen LogP contribution in [0.4, 0.5) is 0 Å². The topological polar surface area (TPSA) is 68.3 Å². The molecule has 52 heavy (non-hydrogen) atoms. The van der Waals surface area contributed by atoms with Crippen molar-refractivity contribution in [3.05, 3.63) is 95.6 Å². The van der Waals surface area contributed by atoms with Crippen LogP contribution in [0.2, 0.25) is 0 Å². The lowest BCUT2D eigenvalue weighted by Gasteiger charge is -2.39. The summed E-state index contributed by atoms with van der Waals surface area (Å²) in [5, 5.41) is 0. The largest absolute Gasteiger partial charge is 0.299 e. The van der Waals surface area contributed by atoms with E-state index in [1.165, 1.54) is 37.7 Å². The summed E-state index contributed by atoms with van der Waals surface area (Å²) in [6.45, 7) is 1.93. The molecule has 274 valence electrons. The zero-order valence-electron chi connectivity index (χ0n) is 31.3. The highest BCUT2D eigenvalue weighted by Gasteiger charge is 2.44. The minimum atomic E-state index is -0.986. The molecule has 3 aromatic rings. The van der Waals surface area contributed by atoms with Gasteiger partial charge in [-0.15, -0.1) is 0 Å². The van der Waals surface area contributed by atoms with Crippen LogP contribution < -0.4 is 0 Å². The van der Waals surface area contributed by atoms with Gasteiger partial charge in [0.2, 0.25) is 0 Å². The SMILES string of the molecule is CC(CC(=O)Cc1ccc(-c2ccccc2)cc1)(CC(=O)C1CCC(C2Cc3ccccc3CC2=O)CC1)C(=O)C1CCC(C2CCCCC2)CC1. The fourth-order valence-electron chi connectivity index (χ4n) is 10.8. The summed E-state index contributed by atoms with van der Waals surface area (Å²) in [4.78, 5) is 55.7. The Hall–Kier alpha value is -3.66. The lowest BCUT2D eigenvalue weighted by Crippen LogP contribution is -2.41. The Bertz CT molecular complexity index is 1700. The van der Waals surface area contributed by atoms with Crippen LogP contribution in [0.1, 0.15) is 120 Å². The van der Waals surface area contributed by atoms with Crippen molar-refractivity contribution in [3.8, 4) is 11.1 Å². The van der Waals surface area contributed by atoms with Crippen LogP contribution >= 0.6 is 0 Å². The molecule has 4 nitrogen and oxygen atoms in total. The van der Waals surface area contributed by atoms with Gasteiger partial charge in [0, 0.05) is 48.9 Å². The number of Topliss-reactive ketones (excluding diaryl/α,β-unsaturated/α-hetero) is 4. The molecular weight excluding hydrogens is 641 g/mol. The van der Waals surface area contributed by atoms with E-state index in [2.05, 4.69) is 42.5 Å². The molecule has 0 aliphatic heterocycles. The maximum Gasteiger partial charge on any atom is 0.142 e. The highest BCUT2D eigenvalue weighted by Crippen LogP contribution is 2.45. The third-order valence-corrected chi connectivity index (χ3v) is 13.8. The van der Waals surface area contributed by atoms with Gasteiger partial charge in [-0.25, -0.2) is 0 Å². The normalized spacial score (nSPS) is 26.6. The first kappa shape index (κ1) is 36.7. The fourth-order valence-corrected chi connectivity index (χ4v) is 10.8. The average Bonchev–Trinajstić information content (AvgIpc) is 3.18. The lowest BCUT2D eigenvalue weighted by atomic mass is 9.64. The first-order valence-corrected chi connectivity index (χ1v) is 20.6. The van der Waals surface area contributed by atoms with E-state index in [4.69, 9.17) is 0 Å². The van der Waals surface area contributed by atoms with Crippen LogP contribution in [-0.4, -0.2) is 23.1 Å². The van der Waals surface area contributed by atoms with Gasteiger partial charge in [0.25, 0.3) is 0 Å². The van der Waals surface area contributed by atoms with Crippen LogP contribution in [0.5, 0.6) is 0 Å². The Morgan fingerprint density at radius 1 is 0.596 bits per heavy atom. The van der Waals surface area contributed by atoms with Crippen LogP contribution in [0.15, 0.2) is 78.9 Å². The number of benzene rings is 3. The molecule has 0 radical (unpaired) electrons. The van der Waals surface area contributed by atoms with Gasteiger partial charge in [-0.1, -0.05) is 118 Å². The van der Waals surface area contributed by atoms with Gasteiger partial charge in [0.05, 0.1) is 0 Å². The molecule has 3 fully saturated rings. The third-order valence-electron chi connectivity index (χ3n) is 13.8. The Labute approximate surface area is 311 Å². The molecule has 0 saturated heterocycles. The molecule has 0 heterocycles. The first-order valence-electron chi connectivity index (χ1n) is 20.6. The number of fused-ring (bicyclic) bond motifs is 1. The van der Waals surface area contributed by atoms with E-state index in [1.807, 2.05) is 43.3 Å². The summed E-state index contributed by atoms with van der Waals surface area (Å²) >= 11 is 0. The molecule has 2 unspecified atom stereocenters. The highest BCUT2D eigenvalue weighted by atomic mass is 16.1. The molecule has 2 atom stereocenters. The Morgan fingerprint density at radius 2 is 1.17 bits per heavy atom. The van der Waals surface area contributed by atoms with Crippen molar-refractivity contribution in [3.63, 3.8) is 0 Å². The molecule has 0 bridgehead atoms. The summed E-state index contributed by atoms with van der Waals surface area (Å²) in [5.41, 5.74) is 4.66. The van der Waals surface area contributed by atoms with Gasteiger partial charge in [0.15, 0.2) is 0 Å². The molecule has 0 N–H and O–H groups in total. The van der Waals surface area contributed by atoms with Crippen LogP contribution in [-0.2, 0) is 38.4 Å². The van der Waals surface area contributed by atoms with Crippen molar-refractivity contribution in [2.24, 2.45) is 40.9 Å². The van der Waals surface area contributed by atoms with E-state index >= 15 is 0 Å². The van der Waals surface area contributed by atoms with E-state index < -0.39 is 5.41 Å². The van der Waals surface area contributed by atoms with Crippen molar-refractivity contribution >= 4 is 23.1 Å². The summed E-state index contributed by atoms with van der Waals surface area (Å²) in [7, 11) is 0. The Morgan fingerprint density at radius 3 is 1.87 bits per heavy atom. The van der Waals surface area contributed by atoms with Crippen molar-refractivity contribution in [2.75, 3.05) is 0 Å². The summed E-state index contributed by atoms with van der Waals surface area (Å²) in [6, 6.07) is 26.7. The summed E-state index contributed by atoms with van der Waals surface area (Å²) in [5.74, 6) is 2.39. The second-order valence-corrected chi connectivity index (χ2v) is 17.4. The first-order chi connectivity index (χ1) is 25.3. The second-order valence-electron chi connectivity index (χ2n) is 17.4. The number of hydrogen-bond acceptors (Lipinski definition) is 4. The molecule has 3 saturated carbocycles. The number of carbonyl (C=O) groups is 4. The second kappa shape index (κ2) is 16.6. The molecule has 4 aliphatic carbocycles. The highest BCUT2D eigenvalue weighted by molar-refractivity contribution is 5.97. The molecule has 3 aromatic carbocycles. The summed E-state index contributed by atoms with van der Waals surface area (Å²) < 4.78 is 0. The smallest absolute Gasteiger partial charge is 0.142 e. The van der Waals surface area contributed by atoms with Gasteiger partial charge in [-0.05, 0) is 103 Å². The average molecular weight is 699 g/mol. The Kier molecular flexibility index (Phi) is 11.7. The Balaban J connectivity index is 1.00. The zero-order chi connectivity index (χ0) is 36.1. The molecule has 7 rings (SSSR count). The van der Waals surface area contributed by atoms with E-state index in [0.717, 1.165) is 91.9 Å². The standard InChI is InChI=1S/C48H58O4/c1-48(47(52)40-26-20-37(21-27-40)35-12-6-3-7-13-35,31-43(49)28-33-16-18-36(19-17-33)34-10-4-2-5-11-34)32-46(51)39-24-22-38(23-25-39)44-29-41-14-8-9-15-42(41)30-45(44)50/h2,4-5,8-11,14-19,35,37-40,44H,3,6-7,12-13,20-32H2,1H3. The summed E-state index contributed by atoms with van der Waals surface area (Å²) in [6.07, 6.45) is 15.9. The van der Waals surface area contributed by atoms with Crippen molar-refractivity contribution in [2.45, 2.75) is 122 Å². The molecule has 0 spiro atoms. The van der Waals surface area contributed by atoms with Crippen molar-refractivity contribution in [1.29, 1.82) is 0 Å². The molecule has 4 heteroatoms. The van der Waals surface area contributed by atoms with Crippen LogP contribution in [0.3, 0.4) is 0 Å². The van der Waals surface area contributed by atoms with Crippen LogP contribution in [0.25, 0.3) is 11.1 Å². The van der Waals surface area contributed by atoms with E-state index in [9.17, 15) is 19.2 Å². The number of rotatable bonds is 12. The van der Waals surface area contributed by atoms with Crippen molar-refractivity contribution < 1.29 is 19.2 Å². The van der Waals surface area contributed by atoms with Gasteiger partial charge in [-0.2, -0.15) is 0 Å². The maximum atomic E-state index is 14.6. The quantitative estimate of drug-likeness (QED) is 0.189. The zero-order valence-corrected chi connectivity index (χ0v) is 31.3. The van der Waals surface area contributed by atoms with Crippen molar-refractivity contribution in [1.82, 2.24) is 0 Å². The predicted molar refractivity (Wildman–Crippen MR) is 208 cm³/mol. The molecule has 4 aliphatic rings. The van der Waals surface area contributed by atoms with Gasteiger partial charge < -0.3 is 0 Å². The molecule has 0 amide bonds. The predicted octanol–water partition coefficient (Wildman–Crippen LogP) is 10.6. The van der Waals surface area contributed by atoms with E-state index in [0.29, 0.717) is 18.1 Å². The molecular formula is C48H58O4. The van der Waals surface area contributed by atoms with Crippen LogP contribution in [0, 0.1) is 40.9 Å². The van der Waals surface area contributed by atoms with Gasteiger partial charge in [-0.3, -0.25) is 19.2 Å². The van der Waals surface area contributed by atoms with E-state index in [-0.39, 0.29) is 54.4 Å². The monoisotopic (exact) mass is 698 g/mol. The molecule has 0 aromatic heterocycles. The third kappa shape index (κ3) is 8.58. The minimum Gasteiger partial charge on any atom is -0.299 e. The lowest BCUT2D eigenvalue weighted by molar-refractivity contribution is -0.142. The number of ketones is 4. The fraction of sp³-hybridized carbons (Fsp3) is 0.542. The maximum absolute atomic E-state index is 14.6. The minimum absolute atomic E-state index is 0.0341. The van der Waals surface area contributed by atoms with E-state index in [1.54, 1.807) is 0 Å².